The average molecular weight is 265 g/mol. The number of hydrogen-bond donors (Lipinski definition) is 1. The van der Waals surface area contributed by atoms with E-state index in [0.29, 0.717) is 6.04 Å². The maximum Gasteiger partial charge on any atom is 0.141 e. The van der Waals surface area contributed by atoms with Gasteiger partial charge in [0, 0.05) is 31.2 Å². The van der Waals surface area contributed by atoms with Crippen molar-refractivity contribution in [2.75, 3.05) is 13.1 Å². The second-order valence-electron chi connectivity index (χ2n) is 6.08. The van der Waals surface area contributed by atoms with Gasteiger partial charge in [-0.2, -0.15) is 5.10 Å². The van der Waals surface area contributed by atoms with Gasteiger partial charge in [-0.05, 0) is 26.7 Å². The van der Waals surface area contributed by atoms with Crippen LogP contribution in [0.25, 0.3) is 0 Å². The molecule has 1 saturated heterocycles. The van der Waals surface area contributed by atoms with Gasteiger partial charge in [0.25, 0.3) is 0 Å². The van der Waals surface area contributed by atoms with Crippen molar-refractivity contribution in [3.8, 4) is 0 Å². The maximum absolute atomic E-state index is 4.44. The molecule has 19 heavy (non-hydrogen) atoms. The van der Waals surface area contributed by atoms with E-state index in [1.54, 1.807) is 6.33 Å². The molecule has 1 aromatic rings. The smallest absolute Gasteiger partial charge is 0.141 e. The molecule has 108 valence electrons. The molecule has 5 nitrogen and oxygen atoms in total. The molecular formula is C14H27N5. The van der Waals surface area contributed by atoms with Crippen LogP contribution in [0.1, 0.15) is 46.4 Å². The van der Waals surface area contributed by atoms with Crippen molar-refractivity contribution in [3.63, 3.8) is 0 Å². The molecule has 1 aromatic heterocycles. The first-order valence-electron chi connectivity index (χ1n) is 7.42. The Balaban J connectivity index is 2.08. The summed E-state index contributed by atoms with van der Waals surface area (Å²) >= 11 is 0. The fraction of sp³-hybridized carbons (Fsp3) is 0.857. The molecule has 1 aliphatic rings. The minimum atomic E-state index is 0.175. The van der Waals surface area contributed by atoms with Crippen LogP contribution < -0.4 is 5.32 Å². The first kappa shape index (κ1) is 14.5. The fourth-order valence-electron chi connectivity index (χ4n) is 2.62. The number of nitrogens with zero attached hydrogens (tertiary/aromatic N) is 4. The van der Waals surface area contributed by atoms with Crippen molar-refractivity contribution in [3.05, 3.63) is 12.2 Å². The highest BCUT2D eigenvalue weighted by atomic mass is 15.4. The zero-order valence-electron chi connectivity index (χ0n) is 12.7. The highest BCUT2D eigenvalue weighted by Gasteiger charge is 2.33. The van der Waals surface area contributed by atoms with E-state index in [1.165, 1.54) is 6.42 Å². The van der Waals surface area contributed by atoms with Crippen molar-refractivity contribution in [1.29, 1.82) is 0 Å². The normalized spacial score (nSPS) is 23.7. The molecule has 2 rings (SSSR count). The third kappa shape index (κ3) is 3.34. The highest BCUT2D eigenvalue weighted by molar-refractivity contribution is 4.96. The van der Waals surface area contributed by atoms with Gasteiger partial charge >= 0.3 is 0 Å². The van der Waals surface area contributed by atoms with E-state index in [0.717, 1.165) is 38.4 Å². The topological polar surface area (TPSA) is 46.0 Å². The SMILES string of the molecule is CCCn1ncnc1CN1CC(CC)NCC1(C)C. The summed E-state index contributed by atoms with van der Waals surface area (Å²) < 4.78 is 2.04. The Labute approximate surface area is 116 Å². The van der Waals surface area contributed by atoms with Crippen molar-refractivity contribution >= 4 is 0 Å². The van der Waals surface area contributed by atoms with Gasteiger partial charge in [-0.15, -0.1) is 0 Å². The summed E-state index contributed by atoms with van der Waals surface area (Å²) in [4.78, 5) is 6.97. The Morgan fingerprint density at radius 2 is 2.21 bits per heavy atom. The minimum absolute atomic E-state index is 0.175. The van der Waals surface area contributed by atoms with Gasteiger partial charge in [-0.1, -0.05) is 13.8 Å². The number of hydrogen-bond acceptors (Lipinski definition) is 4. The average Bonchev–Trinajstić information content (AvgIpc) is 2.80. The second kappa shape index (κ2) is 6.01. The highest BCUT2D eigenvalue weighted by Crippen LogP contribution is 2.21. The van der Waals surface area contributed by atoms with Gasteiger partial charge in [0.1, 0.15) is 12.2 Å². The van der Waals surface area contributed by atoms with E-state index in [2.05, 4.69) is 48.0 Å². The van der Waals surface area contributed by atoms with E-state index < -0.39 is 0 Å². The molecular weight excluding hydrogens is 238 g/mol. The second-order valence-corrected chi connectivity index (χ2v) is 6.08. The lowest BCUT2D eigenvalue weighted by Gasteiger charge is -2.45. The summed E-state index contributed by atoms with van der Waals surface area (Å²) in [5, 5.41) is 7.95. The maximum atomic E-state index is 4.44. The van der Waals surface area contributed by atoms with Gasteiger partial charge in [-0.3, -0.25) is 4.90 Å². The predicted octanol–water partition coefficient (Wildman–Crippen LogP) is 1.65. The van der Waals surface area contributed by atoms with Crippen molar-refractivity contribution in [2.45, 2.75) is 65.2 Å². The first-order chi connectivity index (χ1) is 9.06. The van der Waals surface area contributed by atoms with Gasteiger partial charge in [0.2, 0.25) is 0 Å². The monoisotopic (exact) mass is 265 g/mol. The minimum Gasteiger partial charge on any atom is -0.311 e. The standard InChI is InChI=1S/C14H27N5/c1-5-7-19-13(16-11-17-19)9-18-8-12(6-2)15-10-14(18,3)4/h11-12,15H,5-10H2,1-4H3. The molecule has 0 aliphatic carbocycles. The quantitative estimate of drug-likeness (QED) is 0.879. The molecule has 0 amide bonds. The number of rotatable bonds is 5. The Hall–Kier alpha value is -0.940. The fourth-order valence-corrected chi connectivity index (χ4v) is 2.62. The molecule has 5 heteroatoms. The van der Waals surface area contributed by atoms with Crippen LogP contribution in [0.2, 0.25) is 0 Å². The molecule has 0 radical (unpaired) electrons. The molecule has 0 saturated carbocycles. The van der Waals surface area contributed by atoms with Crippen LogP contribution in [0.3, 0.4) is 0 Å². The summed E-state index contributed by atoms with van der Waals surface area (Å²) in [7, 11) is 0. The Morgan fingerprint density at radius 3 is 2.89 bits per heavy atom. The van der Waals surface area contributed by atoms with Crippen LogP contribution >= 0.6 is 0 Å². The molecule has 1 unspecified atom stereocenters. The zero-order chi connectivity index (χ0) is 13.9. The molecule has 1 atom stereocenters. The van der Waals surface area contributed by atoms with E-state index in [-0.39, 0.29) is 5.54 Å². The van der Waals surface area contributed by atoms with Gasteiger partial charge in [0.15, 0.2) is 0 Å². The lowest BCUT2D eigenvalue weighted by Crippen LogP contribution is -2.61. The summed E-state index contributed by atoms with van der Waals surface area (Å²) in [6, 6.07) is 0.593. The van der Waals surface area contributed by atoms with Crippen molar-refractivity contribution in [1.82, 2.24) is 25.0 Å². The van der Waals surface area contributed by atoms with Crippen LogP contribution in [-0.4, -0.2) is 44.3 Å². The van der Waals surface area contributed by atoms with Crippen LogP contribution in [0, 0.1) is 0 Å². The molecule has 1 N–H and O–H groups in total. The van der Waals surface area contributed by atoms with Crippen LogP contribution in [-0.2, 0) is 13.1 Å². The molecule has 1 aliphatic heterocycles. The molecule has 0 aromatic carbocycles. The van der Waals surface area contributed by atoms with Crippen LogP contribution in [0.5, 0.6) is 0 Å². The first-order valence-corrected chi connectivity index (χ1v) is 7.42. The third-order valence-electron chi connectivity index (χ3n) is 4.08. The van der Waals surface area contributed by atoms with E-state index in [9.17, 15) is 0 Å². The summed E-state index contributed by atoms with van der Waals surface area (Å²) in [5.74, 6) is 1.09. The number of aromatic nitrogens is 3. The Bertz CT molecular complexity index is 398. The van der Waals surface area contributed by atoms with Crippen molar-refractivity contribution in [2.24, 2.45) is 0 Å². The summed E-state index contributed by atoms with van der Waals surface area (Å²) in [6.07, 6.45) is 3.95. The lowest BCUT2D eigenvalue weighted by molar-refractivity contribution is 0.0539. The van der Waals surface area contributed by atoms with E-state index >= 15 is 0 Å². The van der Waals surface area contributed by atoms with Crippen LogP contribution in [0.15, 0.2) is 6.33 Å². The Kier molecular flexibility index (Phi) is 4.58. The zero-order valence-corrected chi connectivity index (χ0v) is 12.7. The molecule has 0 spiro atoms. The largest absolute Gasteiger partial charge is 0.311 e. The van der Waals surface area contributed by atoms with Crippen molar-refractivity contribution < 1.29 is 0 Å². The summed E-state index contributed by atoms with van der Waals surface area (Å²) in [6.45, 7) is 13.0. The van der Waals surface area contributed by atoms with Gasteiger partial charge < -0.3 is 5.32 Å². The summed E-state index contributed by atoms with van der Waals surface area (Å²) in [5.41, 5.74) is 0.175. The number of piperazine rings is 1. The number of aryl methyl sites for hydroxylation is 1. The van der Waals surface area contributed by atoms with Gasteiger partial charge in [-0.25, -0.2) is 9.67 Å². The third-order valence-corrected chi connectivity index (χ3v) is 4.08. The molecule has 2 heterocycles. The number of nitrogens with one attached hydrogen (secondary N) is 1. The van der Waals surface area contributed by atoms with E-state index in [4.69, 9.17) is 0 Å². The lowest BCUT2D eigenvalue weighted by atomic mass is 9.96. The van der Waals surface area contributed by atoms with E-state index in [1.807, 2.05) is 4.68 Å². The molecule has 1 fully saturated rings. The van der Waals surface area contributed by atoms with Crippen LogP contribution in [0.4, 0.5) is 0 Å². The van der Waals surface area contributed by atoms with Gasteiger partial charge in [0.05, 0.1) is 6.54 Å². The predicted molar refractivity (Wildman–Crippen MR) is 76.9 cm³/mol. The Morgan fingerprint density at radius 1 is 1.42 bits per heavy atom. The molecule has 0 bridgehead atoms.